The van der Waals surface area contributed by atoms with Crippen LogP contribution in [0.1, 0.15) is 55.1 Å². The van der Waals surface area contributed by atoms with Crippen molar-refractivity contribution in [3.05, 3.63) is 65.8 Å². The molecule has 1 aliphatic heterocycles. The number of rotatable bonds is 6. The smallest absolute Gasteiger partial charge is 0.355 e. The first kappa shape index (κ1) is 28.3. The summed E-state index contributed by atoms with van der Waals surface area (Å²) in [4.78, 5) is 36.8. The Hall–Kier alpha value is -2.74. The Bertz CT molecular complexity index is 1200. The Morgan fingerprint density at radius 2 is 1.71 bits per heavy atom. The maximum Gasteiger partial charge on any atom is 0.355 e. The molecule has 1 saturated heterocycles. The SMILES string of the molecule is CC1CCC(C(=O)N(c2cc(-c3ccccc3)sc2C(=O)Oc2cccnc2)C2CC[NH+](C)CC2)CC1.[Cl-]. The summed E-state index contributed by atoms with van der Waals surface area (Å²) in [7, 11) is 2.21. The highest BCUT2D eigenvalue weighted by atomic mass is 35.5. The fraction of sp³-hybridized carbons (Fsp3) is 0.433. The van der Waals surface area contributed by atoms with Crippen molar-refractivity contribution in [2.75, 3.05) is 25.0 Å². The zero-order valence-electron chi connectivity index (χ0n) is 22.1. The van der Waals surface area contributed by atoms with Gasteiger partial charge in [-0.05, 0) is 55.4 Å². The number of amides is 1. The largest absolute Gasteiger partial charge is 1.00 e. The number of nitrogens with zero attached hydrogens (tertiary/aromatic N) is 2. The van der Waals surface area contributed by atoms with Crippen molar-refractivity contribution in [3.8, 4) is 16.2 Å². The van der Waals surface area contributed by atoms with E-state index in [0.29, 0.717) is 22.2 Å². The fourth-order valence-corrected chi connectivity index (χ4v) is 6.60. The summed E-state index contributed by atoms with van der Waals surface area (Å²) in [5.41, 5.74) is 1.73. The molecule has 3 heterocycles. The lowest BCUT2D eigenvalue weighted by atomic mass is 9.82. The van der Waals surface area contributed by atoms with Gasteiger partial charge in [0.25, 0.3) is 0 Å². The number of anilines is 1. The molecule has 8 heteroatoms. The van der Waals surface area contributed by atoms with Crippen molar-refractivity contribution >= 4 is 28.9 Å². The molecule has 0 bridgehead atoms. The minimum atomic E-state index is -0.441. The van der Waals surface area contributed by atoms with Crippen LogP contribution in [0, 0.1) is 11.8 Å². The molecule has 0 spiro atoms. The summed E-state index contributed by atoms with van der Waals surface area (Å²) in [5.74, 6) is 0.800. The van der Waals surface area contributed by atoms with E-state index in [0.717, 1.165) is 62.1 Å². The third-order valence-corrected chi connectivity index (χ3v) is 8.99. The van der Waals surface area contributed by atoms with E-state index in [9.17, 15) is 9.59 Å². The standard InChI is InChI=1S/C30H35N3O3S.ClH/c1-21-10-12-23(13-11-21)29(34)33(24-14-17-32(2)18-15-24)26-19-27(22-7-4-3-5-8-22)37-28(26)30(35)36-25-9-6-16-31-20-25;/h3-9,16,19-21,23-24H,10-15,17-18H2,1-2H3;1H. The van der Waals surface area contributed by atoms with Crippen molar-refractivity contribution in [2.24, 2.45) is 11.8 Å². The van der Waals surface area contributed by atoms with Gasteiger partial charge >= 0.3 is 5.97 Å². The van der Waals surface area contributed by atoms with E-state index in [-0.39, 0.29) is 30.3 Å². The second-order valence-corrected chi connectivity index (χ2v) is 11.7. The summed E-state index contributed by atoms with van der Waals surface area (Å²) in [6.07, 6.45) is 9.03. The van der Waals surface area contributed by atoms with E-state index in [1.54, 1.807) is 18.3 Å². The molecular formula is C30H36ClN3O3S. The Kier molecular flexibility index (Phi) is 9.58. The van der Waals surface area contributed by atoms with E-state index < -0.39 is 5.97 Å². The molecule has 0 radical (unpaired) electrons. The molecule has 2 aromatic heterocycles. The molecule has 3 aromatic rings. The number of nitrogens with one attached hydrogen (secondary N) is 1. The third kappa shape index (κ3) is 6.45. The zero-order valence-corrected chi connectivity index (χ0v) is 23.6. The zero-order chi connectivity index (χ0) is 25.8. The molecule has 1 amide bonds. The van der Waals surface area contributed by atoms with Crippen molar-refractivity contribution in [1.29, 1.82) is 0 Å². The first-order chi connectivity index (χ1) is 18.0. The number of ether oxygens (including phenoxy) is 1. The number of carbonyl (C=O) groups excluding carboxylic acids is 2. The molecule has 202 valence electrons. The molecule has 1 N–H and O–H groups in total. The first-order valence-corrected chi connectivity index (χ1v) is 14.3. The lowest BCUT2D eigenvalue weighted by Crippen LogP contribution is -3.10. The van der Waals surface area contributed by atoms with Gasteiger partial charge < -0.3 is 26.9 Å². The van der Waals surface area contributed by atoms with Crippen LogP contribution < -0.4 is 26.9 Å². The number of hydrogen-bond donors (Lipinski definition) is 1. The molecule has 2 fully saturated rings. The van der Waals surface area contributed by atoms with Crippen molar-refractivity contribution < 1.29 is 31.6 Å². The Labute approximate surface area is 235 Å². The van der Waals surface area contributed by atoms with Crippen LogP contribution in [0.5, 0.6) is 5.75 Å². The second kappa shape index (κ2) is 12.9. The maximum atomic E-state index is 14.2. The predicted molar refractivity (Wildman–Crippen MR) is 147 cm³/mol. The van der Waals surface area contributed by atoms with Gasteiger partial charge in [-0.2, -0.15) is 0 Å². The van der Waals surface area contributed by atoms with Gasteiger partial charge in [-0.15, -0.1) is 11.3 Å². The molecule has 1 aromatic carbocycles. The fourth-order valence-electron chi connectivity index (χ4n) is 5.56. The van der Waals surface area contributed by atoms with E-state index in [1.165, 1.54) is 22.4 Å². The number of quaternary nitrogens is 1. The Balaban J connectivity index is 0.00000336. The molecule has 2 aliphatic rings. The molecule has 38 heavy (non-hydrogen) atoms. The normalized spacial score (nSPS) is 23.2. The summed E-state index contributed by atoms with van der Waals surface area (Å²) >= 11 is 1.40. The number of halogens is 1. The average Bonchev–Trinajstić information content (AvgIpc) is 3.36. The van der Waals surface area contributed by atoms with Crippen LogP contribution in [0.4, 0.5) is 5.69 Å². The molecule has 6 nitrogen and oxygen atoms in total. The highest BCUT2D eigenvalue weighted by Crippen LogP contribution is 2.41. The summed E-state index contributed by atoms with van der Waals surface area (Å²) < 4.78 is 5.75. The second-order valence-electron chi connectivity index (χ2n) is 10.6. The van der Waals surface area contributed by atoms with E-state index in [2.05, 4.69) is 19.0 Å². The van der Waals surface area contributed by atoms with Crippen LogP contribution in [0.25, 0.3) is 10.4 Å². The first-order valence-electron chi connectivity index (χ1n) is 13.5. The van der Waals surface area contributed by atoms with Gasteiger partial charge in [0, 0.05) is 35.9 Å². The topological polar surface area (TPSA) is 63.9 Å². The van der Waals surface area contributed by atoms with Gasteiger partial charge in [0.05, 0.1) is 32.0 Å². The number of benzene rings is 1. The third-order valence-electron chi connectivity index (χ3n) is 7.84. The quantitative estimate of drug-likeness (QED) is 0.473. The average molecular weight is 554 g/mol. The van der Waals surface area contributed by atoms with Crippen LogP contribution in [-0.4, -0.2) is 43.0 Å². The number of thiophene rings is 1. The molecule has 5 rings (SSSR count). The number of piperidine rings is 1. The highest BCUT2D eigenvalue weighted by Gasteiger charge is 2.38. The number of aromatic nitrogens is 1. The van der Waals surface area contributed by atoms with E-state index >= 15 is 0 Å². The lowest BCUT2D eigenvalue weighted by Gasteiger charge is -2.38. The van der Waals surface area contributed by atoms with Crippen molar-refractivity contribution in [1.82, 2.24) is 4.98 Å². The molecular weight excluding hydrogens is 518 g/mol. The van der Waals surface area contributed by atoms with Gasteiger partial charge in [-0.25, -0.2) is 4.79 Å². The number of likely N-dealkylation sites (tertiary alicyclic amines) is 1. The molecule has 0 unspecified atom stereocenters. The molecule has 0 atom stereocenters. The van der Waals surface area contributed by atoms with Crippen LogP contribution in [0.3, 0.4) is 0 Å². The van der Waals surface area contributed by atoms with Crippen LogP contribution in [0.15, 0.2) is 60.9 Å². The van der Waals surface area contributed by atoms with Crippen LogP contribution in [0.2, 0.25) is 0 Å². The summed E-state index contributed by atoms with van der Waals surface area (Å²) in [6, 6.07) is 15.6. The predicted octanol–water partition coefficient (Wildman–Crippen LogP) is 1.87. The number of carbonyl (C=O) groups is 2. The highest BCUT2D eigenvalue weighted by molar-refractivity contribution is 7.18. The van der Waals surface area contributed by atoms with Crippen LogP contribution in [-0.2, 0) is 4.79 Å². The van der Waals surface area contributed by atoms with Gasteiger partial charge in [0.1, 0.15) is 10.6 Å². The molecule has 1 aliphatic carbocycles. The Morgan fingerprint density at radius 1 is 1.00 bits per heavy atom. The minimum Gasteiger partial charge on any atom is -1.00 e. The van der Waals surface area contributed by atoms with Crippen molar-refractivity contribution in [2.45, 2.75) is 51.5 Å². The molecule has 1 saturated carbocycles. The monoisotopic (exact) mass is 553 g/mol. The number of hydrogen-bond acceptors (Lipinski definition) is 5. The number of pyridine rings is 1. The summed E-state index contributed by atoms with van der Waals surface area (Å²) in [5, 5.41) is 0. The van der Waals surface area contributed by atoms with Crippen molar-refractivity contribution in [3.63, 3.8) is 0 Å². The van der Waals surface area contributed by atoms with Gasteiger partial charge in [0.2, 0.25) is 5.91 Å². The lowest BCUT2D eigenvalue weighted by molar-refractivity contribution is -0.884. The van der Waals surface area contributed by atoms with E-state index in [4.69, 9.17) is 4.74 Å². The van der Waals surface area contributed by atoms with Gasteiger partial charge in [-0.3, -0.25) is 9.78 Å². The maximum absolute atomic E-state index is 14.2. The van der Waals surface area contributed by atoms with Crippen LogP contribution >= 0.6 is 11.3 Å². The van der Waals surface area contributed by atoms with Gasteiger partial charge in [-0.1, -0.05) is 37.3 Å². The van der Waals surface area contributed by atoms with Gasteiger partial charge in [0.15, 0.2) is 0 Å². The summed E-state index contributed by atoms with van der Waals surface area (Å²) in [6.45, 7) is 4.30. The Morgan fingerprint density at radius 3 is 2.37 bits per heavy atom. The van der Waals surface area contributed by atoms with E-state index in [1.807, 2.05) is 41.3 Å². The minimum absolute atomic E-state index is 0. The number of esters is 1.